The molecule has 0 aliphatic heterocycles. The molecule has 5 rings (SSSR count). The van der Waals surface area contributed by atoms with Gasteiger partial charge in [-0.05, 0) is 51.4 Å². The van der Waals surface area contributed by atoms with Crippen molar-refractivity contribution in [2.24, 2.45) is 11.1 Å². The molecule has 0 unspecified atom stereocenters. The van der Waals surface area contributed by atoms with Crippen molar-refractivity contribution in [3.63, 3.8) is 0 Å². The Hall–Kier alpha value is -1.96. The van der Waals surface area contributed by atoms with E-state index in [2.05, 4.69) is 4.98 Å². The molecule has 8 heteroatoms. The minimum Gasteiger partial charge on any atom is -0.393 e. The zero-order valence-corrected chi connectivity index (χ0v) is 17.5. The third-order valence-electron chi connectivity index (χ3n) is 7.03. The van der Waals surface area contributed by atoms with Crippen LogP contribution < -0.4 is 17.0 Å². The van der Waals surface area contributed by atoms with E-state index in [1.165, 1.54) is 4.57 Å². The van der Waals surface area contributed by atoms with E-state index >= 15 is 0 Å². The van der Waals surface area contributed by atoms with Gasteiger partial charge in [0.2, 0.25) is 0 Å². The van der Waals surface area contributed by atoms with Crippen LogP contribution in [0, 0.1) is 5.41 Å². The maximum Gasteiger partial charge on any atom is 0.332 e. The van der Waals surface area contributed by atoms with E-state index in [0.29, 0.717) is 29.2 Å². The number of hydrogen-bond donors (Lipinski definition) is 2. The molecule has 0 aromatic carbocycles. The molecule has 3 aliphatic carbocycles. The van der Waals surface area contributed by atoms with Crippen molar-refractivity contribution in [1.29, 1.82) is 0 Å². The Morgan fingerprint density at radius 2 is 1.64 bits per heavy atom. The molecule has 3 fully saturated rings. The van der Waals surface area contributed by atoms with Crippen molar-refractivity contribution in [3.05, 3.63) is 26.7 Å². The topological polar surface area (TPSA) is 98.7 Å². The molecule has 3 aliphatic rings. The number of hydrogen-bond acceptors (Lipinski definition) is 4. The fourth-order valence-electron chi connectivity index (χ4n) is 5.17. The molecule has 28 heavy (non-hydrogen) atoms. The van der Waals surface area contributed by atoms with Crippen LogP contribution >= 0.6 is 12.2 Å². The van der Waals surface area contributed by atoms with Crippen LogP contribution in [0.1, 0.15) is 71.0 Å². The van der Waals surface area contributed by atoms with Gasteiger partial charge in [-0.1, -0.05) is 26.1 Å². The van der Waals surface area contributed by atoms with E-state index in [0.717, 1.165) is 57.2 Å². The van der Waals surface area contributed by atoms with Gasteiger partial charge in [0, 0.05) is 23.9 Å². The van der Waals surface area contributed by atoms with Crippen LogP contribution in [0.2, 0.25) is 0 Å². The molecular formula is C20H29N5O2S. The number of nitrogens with zero attached hydrogens (tertiary/aromatic N) is 3. The van der Waals surface area contributed by atoms with Crippen LogP contribution in [-0.4, -0.2) is 24.1 Å². The first-order valence-electron chi connectivity index (χ1n) is 10.4. The van der Waals surface area contributed by atoms with Gasteiger partial charge in [0.05, 0.1) is 4.99 Å². The first-order chi connectivity index (χ1) is 13.4. The van der Waals surface area contributed by atoms with Crippen molar-refractivity contribution in [3.8, 4) is 0 Å². The molecule has 0 saturated heterocycles. The Bertz CT molecular complexity index is 1020. The Balaban J connectivity index is 1.84. The van der Waals surface area contributed by atoms with E-state index in [1.54, 1.807) is 4.57 Å². The first kappa shape index (κ1) is 19.4. The third-order valence-corrected chi connectivity index (χ3v) is 7.46. The van der Waals surface area contributed by atoms with Gasteiger partial charge in [0.1, 0.15) is 11.3 Å². The lowest BCUT2D eigenvalue weighted by atomic mass is 9.53. The largest absolute Gasteiger partial charge is 0.393 e. The van der Waals surface area contributed by atoms with Crippen molar-refractivity contribution >= 4 is 28.4 Å². The minimum absolute atomic E-state index is 0.00124. The lowest BCUT2D eigenvalue weighted by Gasteiger charge is -2.52. The number of nitrogens with one attached hydrogen (secondary N) is 1. The molecule has 3 saturated carbocycles. The van der Waals surface area contributed by atoms with E-state index in [9.17, 15) is 9.59 Å². The van der Waals surface area contributed by atoms with Crippen LogP contribution in [0.4, 0.5) is 0 Å². The van der Waals surface area contributed by atoms with Crippen LogP contribution in [0.5, 0.6) is 0 Å². The van der Waals surface area contributed by atoms with Crippen LogP contribution in [0.15, 0.2) is 9.59 Å². The van der Waals surface area contributed by atoms with E-state index in [4.69, 9.17) is 22.9 Å². The molecule has 2 aromatic heterocycles. The van der Waals surface area contributed by atoms with E-state index in [-0.39, 0.29) is 22.1 Å². The zero-order chi connectivity index (χ0) is 20.1. The fourth-order valence-corrected chi connectivity index (χ4v) is 5.48. The predicted octanol–water partition coefficient (Wildman–Crippen LogP) is 2.58. The number of aryl methyl sites for hydroxylation is 1. The number of aromatic amines is 1. The second kappa shape index (κ2) is 6.83. The molecule has 152 valence electrons. The molecule has 3 N–H and O–H groups in total. The minimum atomic E-state index is -0.256. The fraction of sp³-hybridized carbons (Fsp3) is 0.700. The Morgan fingerprint density at radius 3 is 2.18 bits per heavy atom. The Kier molecular flexibility index (Phi) is 4.72. The van der Waals surface area contributed by atoms with Crippen molar-refractivity contribution in [2.45, 2.75) is 83.7 Å². The summed E-state index contributed by atoms with van der Waals surface area (Å²) in [6, 6.07) is 0. The van der Waals surface area contributed by atoms with Gasteiger partial charge in [0.25, 0.3) is 5.56 Å². The van der Waals surface area contributed by atoms with Gasteiger partial charge >= 0.3 is 5.69 Å². The number of nitrogens with two attached hydrogens (primary N) is 1. The molecule has 2 aromatic rings. The number of rotatable bonds is 6. The highest BCUT2D eigenvalue weighted by molar-refractivity contribution is 7.80. The van der Waals surface area contributed by atoms with Gasteiger partial charge in [0.15, 0.2) is 5.65 Å². The summed E-state index contributed by atoms with van der Waals surface area (Å²) in [7, 11) is 0. The second-order valence-corrected chi connectivity index (χ2v) is 9.04. The molecule has 2 heterocycles. The van der Waals surface area contributed by atoms with Gasteiger partial charge < -0.3 is 10.7 Å². The van der Waals surface area contributed by atoms with Crippen LogP contribution in [-0.2, 0) is 18.5 Å². The molecule has 0 spiro atoms. The first-order valence-corrected chi connectivity index (χ1v) is 10.8. The van der Waals surface area contributed by atoms with E-state index < -0.39 is 0 Å². The average Bonchev–Trinajstić information content (AvgIpc) is 3.16. The lowest BCUT2D eigenvalue weighted by Crippen LogP contribution is -2.50. The molecule has 0 atom stereocenters. The standard InChI is InChI=1S/C20H29N5O2S/c1-3-11-24-14-13(15(26)25(12-4-2)18(24)27)22-17(23-14)20-8-5-19(6-9-20,7-10-20)16(21)28/h3-12H2,1-2H3,(H2,21,28)(H,22,23). The third kappa shape index (κ3) is 2.68. The number of imidazole rings is 1. The summed E-state index contributed by atoms with van der Waals surface area (Å²) >= 11 is 5.35. The van der Waals surface area contributed by atoms with Crippen LogP contribution in [0.25, 0.3) is 11.2 Å². The normalized spacial score (nSPS) is 26.8. The highest BCUT2D eigenvalue weighted by Gasteiger charge is 2.52. The number of thiocarbonyl (C=S) groups is 1. The zero-order valence-electron chi connectivity index (χ0n) is 16.7. The maximum absolute atomic E-state index is 13.0. The number of fused-ring (bicyclic) bond motifs is 4. The number of H-pyrrole nitrogens is 1. The SMILES string of the molecule is CCCn1c(=O)c2[nH]c(C34CCC(C(N)=S)(CC3)CC4)nc2n(CCC)c1=O. The summed E-state index contributed by atoms with van der Waals surface area (Å²) in [6.45, 7) is 4.97. The Labute approximate surface area is 169 Å². The molecule has 0 radical (unpaired) electrons. The summed E-state index contributed by atoms with van der Waals surface area (Å²) in [6.07, 6.45) is 7.35. The lowest BCUT2D eigenvalue weighted by molar-refractivity contribution is 0.0896. The van der Waals surface area contributed by atoms with Crippen LogP contribution in [0.3, 0.4) is 0 Å². The summed E-state index contributed by atoms with van der Waals surface area (Å²) in [5, 5.41) is 0. The summed E-state index contributed by atoms with van der Waals surface area (Å²) < 4.78 is 3.01. The summed E-state index contributed by atoms with van der Waals surface area (Å²) in [5.41, 5.74) is 6.43. The van der Waals surface area contributed by atoms with Gasteiger partial charge in [-0.25, -0.2) is 9.78 Å². The maximum atomic E-state index is 13.0. The second-order valence-electron chi connectivity index (χ2n) is 8.60. The summed E-state index contributed by atoms with van der Waals surface area (Å²) in [5.74, 6) is 0.856. The molecule has 2 bridgehead atoms. The quantitative estimate of drug-likeness (QED) is 0.722. The smallest absolute Gasteiger partial charge is 0.332 e. The van der Waals surface area contributed by atoms with Crippen molar-refractivity contribution in [2.75, 3.05) is 0 Å². The molecular weight excluding hydrogens is 374 g/mol. The number of aromatic nitrogens is 4. The van der Waals surface area contributed by atoms with Gasteiger partial charge in [-0.3, -0.25) is 13.9 Å². The molecule has 0 amide bonds. The monoisotopic (exact) mass is 403 g/mol. The average molecular weight is 404 g/mol. The highest BCUT2D eigenvalue weighted by atomic mass is 32.1. The summed E-state index contributed by atoms with van der Waals surface area (Å²) in [4.78, 5) is 34.7. The van der Waals surface area contributed by atoms with Crippen molar-refractivity contribution < 1.29 is 0 Å². The predicted molar refractivity (Wildman–Crippen MR) is 114 cm³/mol. The van der Waals surface area contributed by atoms with E-state index in [1.807, 2.05) is 13.8 Å². The van der Waals surface area contributed by atoms with Gasteiger partial charge in [-0.2, -0.15) is 0 Å². The highest BCUT2D eigenvalue weighted by Crippen LogP contribution is 2.57. The molecule has 7 nitrogen and oxygen atoms in total. The van der Waals surface area contributed by atoms with Crippen molar-refractivity contribution in [1.82, 2.24) is 19.1 Å². The Morgan fingerprint density at radius 1 is 1.07 bits per heavy atom. The van der Waals surface area contributed by atoms with Gasteiger partial charge in [-0.15, -0.1) is 0 Å².